The molecule has 2 saturated heterocycles. The van der Waals surface area contributed by atoms with E-state index in [1.54, 1.807) is 7.05 Å². The van der Waals surface area contributed by atoms with Crippen LogP contribution in [0.2, 0.25) is 0 Å². The minimum Gasteiger partial charge on any atom is -0.359 e. The number of hydrogen-bond donors (Lipinski definition) is 2. The maximum atomic E-state index is 12.3. The van der Waals surface area contributed by atoms with Crippen molar-refractivity contribution in [2.24, 2.45) is 10.4 Å². The van der Waals surface area contributed by atoms with E-state index in [4.69, 9.17) is 4.99 Å². The highest BCUT2D eigenvalue weighted by Crippen LogP contribution is 2.16. The maximum Gasteiger partial charge on any atom is 0.236 e. The fraction of sp³-hybridized carbons (Fsp3) is 0.842. The Morgan fingerprint density at radius 2 is 1.63 bits per heavy atom. The summed E-state index contributed by atoms with van der Waals surface area (Å²) in [6.45, 7) is 12.8. The van der Waals surface area contributed by atoms with Gasteiger partial charge >= 0.3 is 0 Å². The number of nitrogens with zero attached hydrogens (tertiary/aromatic N) is 4. The predicted octanol–water partition coefficient (Wildman–Crippen LogP) is -0.0359. The molecule has 0 radical (unpaired) electrons. The zero-order chi connectivity index (χ0) is 19.9. The lowest BCUT2D eigenvalue weighted by molar-refractivity contribution is -0.131. The molecule has 0 unspecified atom stereocenters. The number of rotatable bonds is 6. The van der Waals surface area contributed by atoms with Crippen LogP contribution in [0.25, 0.3) is 0 Å². The number of guanidine groups is 1. The SMILES string of the molecule is CCNC(=NCC(C)(C)C(=O)NC)N1CCN(CC(=O)N2CCCC2)CC1. The molecule has 0 saturated carbocycles. The summed E-state index contributed by atoms with van der Waals surface area (Å²) in [4.78, 5) is 35.5. The van der Waals surface area contributed by atoms with Gasteiger partial charge < -0.3 is 20.4 Å². The Morgan fingerprint density at radius 1 is 1.00 bits per heavy atom. The van der Waals surface area contributed by atoms with E-state index in [2.05, 4.69) is 20.4 Å². The Morgan fingerprint density at radius 3 is 2.19 bits per heavy atom. The van der Waals surface area contributed by atoms with Crippen LogP contribution in [0, 0.1) is 5.41 Å². The molecule has 2 N–H and O–H groups in total. The number of carbonyl (C=O) groups excluding carboxylic acids is 2. The molecule has 2 rings (SSSR count). The van der Waals surface area contributed by atoms with Crippen LogP contribution in [0.15, 0.2) is 4.99 Å². The van der Waals surface area contributed by atoms with Gasteiger partial charge in [0.05, 0.1) is 18.5 Å². The summed E-state index contributed by atoms with van der Waals surface area (Å²) in [5.41, 5.74) is -0.542. The van der Waals surface area contributed by atoms with Gasteiger partial charge in [-0.25, -0.2) is 0 Å². The minimum atomic E-state index is -0.542. The topological polar surface area (TPSA) is 80.3 Å². The van der Waals surface area contributed by atoms with Crippen LogP contribution in [-0.4, -0.2) is 98.4 Å². The van der Waals surface area contributed by atoms with Crippen LogP contribution in [0.1, 0.15) is 33.6 Å². The highest BCUT2D eigenvalue weighted by Gasteiger charge is 2.28. The molecule has 0 aromatic rings. The van der Waals surface area contributed by atoms with Crippen LogP contribution in [0.3, 0.4) is 0 Å². The van der Waals surface area contributed by atoms with Gasteiger partial charge in [0.25, 0.3) is 0 Å². The molecule has 0 bridgehead atoms. The summed E-state index contributed by atoms with van der Waals surface area (Å²) in [5, 5.41) is 6.04. The molecule has 154 valence electrons. The van der Waals surface area contributed by atoms with E-state index in [1.165, 1.54) is 0 Å². The Labute approximate surface area is 163 Å². The second-order valence-electron chi connectivity index (χ2n) is 7.98. The molecule has 2 aliphatic heterocycles. The zero-order valence-corrected chi connectivity index (χ0v) is 17.4. The van der Waals surface area contributed by atoms with Gasteiger partial charge in [-0.3, -0.25) is 19.5 Å². The van der Waals surface area contributed by atoms with E-state index >= 15 is 0 Å². The van der Waals surface area contributed by atoms with Gasteiger partial charge in [-0.15, -0.1) is 0 Å². The van der Waals surface area contributed by atoms with Gasteiger partial charge in [0.15, 0.2) is 5.96 Å². The van der Waals surface area contributed by atoms with Gasteiger partial charge in [-0.1, -0.05) is 0 Å². The lowest BCUT2D eigenvalue weighted by Gasteiger charge is -2.37. The quantitative estimate of drug-likeness (QED) is 0.499. The fourth-order valence-electron chi connectivity index (χ4n) is 3.48. The third-order valence-corrected chi connectivity index (χ3v) is 5.29. The second-order valence-corrected chi connectivity index (χ2v) is 7.98. The van der Waals surface area contributed by atoms with E-state index in [1.807, 2.05) is 25.7 Å². The van der Waals surface area contributed by atoms with Crippen molar-refractivity contribution in [3.05, 3.63) is 0 Å². The van der Waals surface area contributed by atoms with Gasteiger partial charge in [0, 0.05) is 52.9 Å². The molecule has 0 aromatic carbocycles. The molecule has 2 amide bonds. The minimum absolute atomic E-state index is 0.00709. The molecule has 0 atom stereocenters. The van der Waals surface area contributed by atoms with Crippen LogP contribution in [-0.2, 0) is 9.59 Å². The van der Waals surface area contributed by atoms with Crippen molar-refractivity contribution >= 4 is 17.8 Å². The molecular formula is C19H36N6O2. The Balaban J connectivity index is 1.87. The van der Waals surface area contributed by atoms with E-state index in [0.717, 1.165) is 64.6 Å². The summed E-state index contributed by atoms with van der Waals surface area (Å²) in [6.07, 6.45) is 2.27. The third-order valence-electron chi connectivity index (χ3n) is 5.29. The normalized spacial score (nSPS) is 19.3. The summed E-state index contributed by atoms with van der Waals surface area (Å²) < 4.78 is 0. The van der Waals surface area contributed by atoms with E-state index < -0.39 is 5.41 Å². The van der Waals surface area contributed by atoms with Crippen LogP contribution < -0.4 is 10.6 Å². The molecule has 0 spiro atoms. The van der Waals surface area contributed by atoms with Gasteiger partial charge in [-0.2, -0.15) is 0 Å². The van der Waals surface area contributed by atoms with Crippen LogP contribution in [0.5, 0.6) is 0 Å². The first-order chi connectivity index (χ1) is 12.9. The molecule has 0 aromatic heterocycles. The largest absolute Gasteiger partial charge is 0.359 e. The smallest absolute Gasteiger partial charge is 0.236 e. The number of likely N-dealkylation sites (tertiary alicyclic amines) is 1. The molecule has 0 aliphatic carbocycles. The number of nitrogens with one attached hydrogen (secondary N) is 2. The average Bonchev–Trinajstić information content (AvgIpc) is 3.20. The van der Waals surface area contributed by atoms with Gasteiger partial charge in [-0.05, 0) is 33.6 Å². The van der Waals surface area contributed by atoms with Crippen LogP contribution >= 0.6 is 0 Å². The average molecular weight is 381 g/mol. The first kappa shape index (κ1) is 21.5. The molecule has 8 heteroatoms. The standard InChI is InChI=1S/C19H36N6O2/c1-5-21-18(22-15-19(2,3)17(27)20-4)25-12-10-23(11-13-25)14-16(26)24-8-6-7-9-24/h5-15H2,1-4H3,(H,20,27)(H,21,22). The van der Waals surface area contributed by atoms with Crippen molar-refractivity contribution in [3.63, 3.8) is 0 Å². The van der Waals surface area contributed by atoms with Crippen molar-refractivity contribution in [2.45, 2.75) is 33.6 Å². The number of carbonyl (C=O) groups is 2. The second kappa shape index (κ2) is 9.92. The van der Waals surface area contributed by atoms with E-state index in [0.29, 0.717) is 13.1 Å². The number of hydrogen-bond acceptors (Lipinski definition) is 4. The van der Waals surface area contributed by atoms with Crippen molar-refractivity contribution < 1.29 is 9.59 Å². The highest BCUT2D eigenvalue weighted by atomic mass is 16.2. The first-order valence-electron chi connectivity index (χ1n) is 10.1. The fourth-order valence-corrected chi connectivity index (χ4v) is 3.48. The molecule has 2 heterocycles. The molecular weight excluding hydrogens is 344 g/mol. The lowest BCUT2D eigenvalue weighted by atomic mass is 9.93. The summed E-state index contributed by atoms with van der Waals surface area (Å²) in [5.74, 6) is 1.10. The molecule has 2 fully saturated rings. The maximum absolute atomic E-state index is 12.3. The summed E-state index contributed by atoms with van der Waals surface area (Å²) in [7, 11) is 1.65. The third kappa shape index (κ3) is 6.09. The Hall–Kier alpha value is -1.83. The molecule has 8 nitrogen and oxygen atoms in total. The number of amides is 2. The molecule has 2 aliphatic rings. The summed E-state index contributed by atoms with van der Waals surface area (Å²) >= 11 is 0. The lowest BCUT2D eigenvalue weighted by Crippen LogP contribution is -2.54. The Bertz CT molecular complexity index is 534. The molecule has 27 heavy (non-hydrogen) atoms. The van der Waals surface area contributed by atoms with Crippen LogP contribution in [0.4, 0.5) is 0 Å². The van der Waals surface area contributed by atoms with Crippen molar-refractivity contribution in [3.8, 4) is 0 Å². The number of piperazine rings is 1. The predicted molar refractivity (Wildman–Crippen MR) is 108 cm³/mol. The van der Waals surface area contributed by atoms with Crippen molar-refractivity contribution in [2.75, 3.05) is 66.0 Å². The van der Waals surface area contributed by atoms with E-state index in [-0.39, 0.29) is 11.8 Å². The van der Waals surface area contributed by atoms with Crippen molar-refractivity contribution in [1.29, 1.82) is 0 Å². The van der Waals surface area contributed by atoms with Gasteiger partial charge in [0.1, 0.15) is 0 Å². The number of aliphatic imine (C=N–C) groups is 1. The summed E-state index contributed by atoms with van der Waals surface area (Å²) in [6, 6.07) is 0. The van der Waals surface area contributed by atoms with Gasteiger partial charge in [0.2, 0.25) is 11.8 Å². The highest BCUT2D eigenvalue weighted by molar-refractivity contribution is 5.83. The van der Waals surface area contributed by atoms with E-state index in [9.17, 15) is 9.59 Å². The first-order valence-corrected chi connectivity index (χ1v) is 10.1. The van der Waals surface area contributed by atoms with Crippen molar-refractivity contribution in [1.82, 2.24) is 25.3 Å². The monoisotopic (exact) mass is 380 g/mol. The Kier molecular flexibility index (Phi) is 7.89. The zero-order valence-electron chi connectivity index (χ0n) is 17.4.